The molecule has 3 N–H and O–H groups in total. The van der Waals surface area contributed by atoms with Crippen molar-refractivity contribution >= 4 is 16.9 Å². The second-order valence-corrected chi connectivity index (χ2v) is 9.23. The van der Waals surface area contributed by atoms with Gasteiger partial charge in [-0.05, 0) is 24.7 Å². The third-order valence-corrected chi connectivity index (χ3v) is 6.88. The van der Waals surface area contributed by atoms with Gasteiger partial charge in [0, 0.05) is 68.1 Å². The average Bonchev–Trinajstić information content (AvgIpc) is 2.92. The molecule has 1 atom stereocenters. The molecule has 9 heteroatoms. The SMILES string of the molecule is CN1CCN(C(=O)C[C@H](c2ccncc2)c2c(O)c(O)c(O)c3c(=O)cc(-c4ccccc4)oc23)CC1. The number of amides is 1. The Bertz CT molecular complexity index is 1500. The second kappa shape index (κ2) is 9.94. The lowest BCUT2D eigenvalue weighted by Gasteiger charge is -2.33. The van der Waals surface area contributed by atoms with E-state index in [1.54, 1.807) is 53.7 Å². The Labute approximate surface area is 212 Å². The number of phenols is 3. The first-order chi connectivity index (χ1) is 17.8. The predicted molar refractivity (Wildman–Crippen MR) is 138 cm³/mol. The van der Waals surface area contributed by atoms with Crippen molar-refractivity contribution < 1.29 is 24.5 Å². The number of rotatable bonds is 5. The molecule has 190 valence electrons. The van der Waals surface area contributed by atoms with Crippen molar-refractivity contribution in [3.8, 4) is 28.6 Å². The second-order valence-electron chi connectivity index (χ2n) is 9.23. The molecule has 2 aromatic heterocycles. The van der Waals surface area contributed by atoms with Crippen molar-refractivity contribution in [2.45, 2.75) is 12.3 Å². The van der Waals surface area contributed by atoms with Gasteiger partial charge in [0.05, 0.1) is 0 Å². The molecular weight excluding hydrogens is 474 g/mol. The van der Waals surface area contributed by atoms with E-state index in [-0.39, 0.29) is 34.6 Å². The van der Waals surface area contributed by atoms with E-state index in [1.165, 1.54) is 6.07 Å². The van der Waals surface area contributed by atoms with Crippen LogP contribution in [0.3, 0.4) is 0 Å². The molecule has 9 nitrogen and oxygen atoms in total. The van der Waals surface area contributed by atoms with Gasteiger partial charge in [0.2, 0.25) is 11.7 Å². The molecule has 1 aliphatic rings. The van der Waals surface area contributed by atoms with Crippen molar-refractivity contribution in [3.05, 3.63) is 82.3 Å². The Morgan fingerprint density at radius 2 is 1.65 bits per heavy atom. The fraction of sp³-hybridized carbons (Fsp3) is 0.250. The molecule has 0 spiro atoms. The molecule has 4 aromatic rings. The highest BCUT2D eigenvalue weighted by molar-refractivity contribution is 5.94. The molecule has 0 saturated carbocycles. The molecule has 1 aliphatic heterocycles. The van der Waals surface area contributed by atoms with E-state index >= 15 is 0 Å². The summed E-state index contributed by atoms with van der Waals surface area (Å²) in [7, 11) is 2.00. The summed E-state index contributed by atoms with van der Waals surface area (Å²) in [5, 5.41) is 32.1. The first kappa shape index (κ1) is 24.3. The van der Waals surface area contributed by atoms with Crippen LogP contribution >= 0.6 is 0 Å². The van der Waals surface area contributed by atoms with Crippen LogP contribution in [-0.2, 0) is 4.79 Å². The van der Waals surface area contributed by atoms with Gasteiger partial charge < -0.3 is 29.5 Å². The van der Waals surface area contributed by atoms with Crippen LogP contribution in [0.15, 0.2) is 70.1 Å². The van der Waals surface area contributed by atoms with Crippen molar-refractivity contribution in [3.63, 3.8) is 0 Å². The van der Waals surface area contributed by atoms with Crippen LogP contribution in [0, 0.1) is 0 Å². The van der Waals surface area contributed by atoms with Gasteiger partial charge in [0.25, 0.3) is 0 Å². The molecule has 1 fully saturated rings. The van der Waals surface area contributed by atoms with E-state index in [2.05, 4.69) is 9.88 Å². The number of phenolic OH excluding ortho intramolecular Hbond substituents is 3. The molecule has 0 aliphatic carbocycles. The lowest BCUT2D eigenvalue weighted by atomic mass is 9.86. The van der Waals surface area contributed by atoms with E-state index in [0.29, 0.717) is 24.2 Å². The number of hydrogen-bond acceptors (Lipinski definition) is 8. The van der Waals surface area contributed by atoms with Crippen molar-refractivity contribution in [1.29, 1.82) is 0 Å². The number of carbonyl (C=O) groups excluding carboxylic acids is 1. The van der Waals surface area contributed by atoms with Crippen molar-refractivity contribution in [2.75, 3.05) is 33.2 Å². The lowest BCUT2D eigenvalue weighted by molar-refractivity contribution is -0.133. The van der Waals surface area contributed by atoms with Crippen LogP contribution in [0.1, 0.15) is 23.5 Å². The summed E-state index contributed by atoms with van der Waals surface area (Å²) in [5.41, 5.74) is 0.620. The van der Waals surface area contributed by atoms with Crippen LogP contribution in [0.2, 0.25) is 0 Å². The number of fused-ring (bicyclic) bond motifs is 1. The van der Waals surface area contributed by atoms with Crippen LogP contribution in [-0.4, -0.2) is 69.2 Å². The largest absolute Gasteiger partial charge is 0.504 e. The van der Waals surface area contributed by atoms with E-state index in [4.69, 9.17) is 4.42 Å². The Kier molecular flexibility index (Phi) is 6.54. The third-order valence-electron chi connectivity index (χ3n) is 6.88. The normalized spacial score (nSPS) is 15.1. The van der Waals surface area contributed by atoms with Gasteiger partial charge in [-0.3, -0.25) is 14.6 Å². The maximum atomic E-state index is 13.4. The smallest absolute Gasteiger partial charge is 0.223 e. The molecule has 0 unspecified atom stereocenters. The molecule has 1 amide bonds. The summed E-state index contributed by atoms with van der Waals surface area (Å²) in [6, 6.07) is 13.6. The molecule has 0 bridgehead atoms. The maximum absolute atomic E-state index is 13.4. The zero-order valence-corrected chi connectivity index (χ0v) is 20.3. The highest BCUT2D eigenvalue weighted by atomic mass is 16.3. The zero-order chi connectivity index (χ0) is 26.1. The van der Waals surface area contributed by atoms with Crippen molar-refractivity contribution in [2.24, 2.45) is 0 Å². The maximum Gasteiger partial charge on any atom is 0.223 e. The van der Waals surface area contributed by atoms with Gasteiger partial charge >= 0.3 is 0 Å². The Morgan fingerprint density at radius 3 is 2.32 bits per heavy atom. The fourth-order valence-corrected chi connectivity index (χ4v) is 4.78. The number of aromatic hydroxyl groups is 3. The number of likely N-dealkylation sites (N-methyl/N-ethyl adjacent to an activating group) is 1. The summed E-state index contributed by atoms with van der Waals surface area (Å²) in [5.74, 6) is -2.97. The number of aromatic nitrogens is 1. The predicted octanol–water partition coefficient (Wildman–Crippen LogP) is 3.27. The standard InChI is InChI=1S/C28H27N3O6/c1-30-11-13-31(14-12-30)22(33)15-19(17-7-9-29-10-8-17)23-25(34)27(36)26(35)24-20(32)16-21(37-28(23)24)18-5-3-2-4-6-18/h2-10,16,19,34-36H,11-15H2,1H3/t19-/m1/s1. The number of piperazine rings is 1. The van der Waals surface area contributed by atoms with E-state index < -0.39 is 28.6 Å². The minimum atomic E-state index is -0.839. The minimum absolute atomic E-state index is 0.0499. The topological polar surface area (TPSA) is 127 Å². The van der Waals surface area contributed by atoms with Gasteiger partial charge in [-0.1, -0.05) is 30.3 Å². The van der Waals surface area contributed by atoms with Gasteiger partial charge in [0.1, 0.15) is 16.7 Å². The lowest BCUT2D eigenvalue weighted by Crippen LogP contribution is -2.47. The summed E-state index contributed by atoms with van der Waals surface area (Å²) in [6.45, 7) is 2.63. The number of hydrogen-bond donors (Lipinski definition) is 3. The first-order valence-electron chi connectivity index (χ1n) is 12.0. The van der Waals surface area contributed by atoms with Gasteiger partial charge in [-0.15, -0.1) is 0 Å². The highest BCUT2D eigenvalue weighted by Crippen LogP contribution is 2.49. The molecule has 3 heterocycles. The molecular formula is C28H27N3O6. The molecule has 0 radical (unpaired) electrons. The quantitative estimate of drug-likeness (QED) is 0.356. The zero-order valence-electron chi connectivity index (χ0n) is 20.3. The Morgan fingerprint density at radius 1 is 0.973 bits per heavy atom. The molecule has 37 heavy (non-hydrogen) atoms. The molecule has 1 saturated heterocycles. The average molecular weight is 502 g/mol. The van der Waals surface area contributed by atoms with Crippen LogP contribution in [0.4, 0.5) is 0 Å². The first-order valence-corrected chi connectivity index (χ1v) is 12.0. The summed E-state index contributed by atoms with van der Waals surface area (Å²) >= 11 is 0. The van der Waals surface area contributed by atoms with E-state index in [1.807, 2.05) is 13.1 Å². The summed E-state index contributed by atoms with van der Waals surface area (Å²) in [4.78, 5) is 34.5. The molecule has 5 rings (SSSR count). The number of nitrogens with zero attached hydrogens (tertiary/aromatic N) is 3. The van der Waals surface area contributed by atoms with Crippen molar-refractivity contribution in [1.82, 2.24) is 14.8 Å². The Hall–Kier alpha value is -4.37. The Balaban J connectivity index is 1.72. The summed E-state index contributed by atoms with van der Waals surface area (Å²) in [6.07, 6.45) is 3.07. The third kappa shape index (κ3) is 4.61. The number of pyridine rings is 1. The molecule has 2 aromatic carbocycles. The number of benzene rings is 2. The highest BCUT2D eigenvalue weighted by Gasteiger charge is 2.32. The van der Waals surface area contributed by atoms with Crippen LogP contribution < -0.4 is 5.43 Å². The van der Waals surface area contributed by atoms with Gasteiger partial charge in [-0.25, -0.2) is 0 Å². The summed E-state index contributed by atoms with van der Waals surface area (Å²) < 4.78 is 6.14. The van der Waals surface area contributed by atoms with Gasteiger partial charge in [-0.2, -0.15) is 0 Å². The fourth-order valence-electron chi connectivity index (χ4n) is 4.78. The minimum Gasteiger partial charge on any atom is -0.504 e. The van der Waals surface area contributed by atoms with Gasteiger partial charge in [0.15, 0.2) is 16.9 Å². The van der Waals surface area contributed by atoms with Crippen LogP contribution in [0.25, 0.3) is 22.3 Å². The number of carbonyl (C=O) groups is 1. The van der Waals surface area contributed by atoms with E-state index in [0.717, 1.165) is 13.1 Å². The van der Waals surface area contributed by atoms with Crippen LogP contribution in [0.5, 0.6) is 17.2 Å². The monoisotopic (exact) mass is 501 g/mol. The van der Waals surface area contributed by atoms with E-state index in [9.17, 15) is 24.9 Å².